The number of nitrogens with zero attached hydrogens (tertiary/aromatic N) is 2. The molecule has 0 bridgehead atoms. The molecule has 0 aliphatic carbocycles. The first-order valence-corrected chi connectivity index (χ1v) is 10.6. The maximum atomic E-state index is 6.09. The Bertz CT molecular complexity index is 531. The summed E-state index contributed by atoms with van der Waals surface area (Å²) < 4.78 is 6.09. The number of nitrogens with one attached hydrogen (secondary N) is 2. The second-order valence-corrected chi connectivity index (χ2v) is 7.73. The van der Waals surface area contributed by atoms with Gasteiger partial charge in [-0.2, -0.15) is 0 Å². The lowest BCUT2D eigenvalue weighted by Gasteiger charge is -2.32. The van der Waals surface area contributed by atoms with Gasteiger partial charge in [0.2, 0.25) is 0 Å². The first kappa shape index (κ1) is 25.2. The fourth-order valence-electron chi connectivity index (χ4n) is 3.22. The van der Waals surface area contributed by atoms with Crippen LogP contribution in [0.25, 0.3) is 0 Å². The van der Waals surface area contributed by atoms with E-state index in [1.165, 1.54) is 5.56 Å². The molecule has 0 unspecified atom stereocenters. The summed E-state index contributed by atoms with van der Waals surface area (Å²) in [5, 5.41) is 6.69. The Kier molecular flexibility index (Phi) is 13.5. The number of rotatable bonds is 10. The number of piperidine rings is 1. The molecule has 1 aromatic carbocycles. The molecular weight excluding hydrogens is 463 g/mol. The molecule has 2 rings (SSSR count). The van der Waals surface area contributed by atoms with Crippen LogP contribution >= 0.6 is 24.0 Å². The number of ether oxygens (including phenoxy) is 1. The van der Waals surface area contributed by atoms with E-state index < -0.39 is 0 Å². The Morgan fingerprint density at radius 2 is 1.89 bits per heavy atom. The molecule has 28 heavy (non-hydrogen) atoms. The van der Waals surface area contributed by atoms with Gasteiger partial charge in [-0.1, -0.05) is 44.2 Å². The molecule has 1 saturated heterocycles. The highest BCUT2D eigenvalue weighted by Crippen LogP contribution is 2.16. The zero-order valence-corrected chi connectivity index (χ0v) is 20.2. The molecule has 1 aliphatic rings. The van der Waals surface area contributed by atoms with Crippen LogP contribution in [0.15, 0.2) is 35.3 Å². The predicted octanol–water partition coefficient (Wildman–Crippen LogP) is 3.89. The van der Waals surface area contributed by atoms with E-state index >= 15 is 0 Å². The summed E-state index contributed by atoms with van der Waals surface area (Å²) in [6.07, 6.45) is 3.70. The highest BCUT2D eigenvalue weighted by molar-refractivity contribution is 14.0. The Morgan fingerprint density at radius 3 is 2.54 bits per heavy atom. The van der Waals surface area contributed by atoms with Crippen molar-refractivity contribution in [1.82, 2.24) is 15.5 Å². The van der Waals surface area contributed by atoms with Crippen molar-refractivity contribution in [3.63, 3.8) is 0 Å². The Labute approximate surface area is 188 Å². The van der Waals surface area contributed by atoms with E-state index in [0.717, 1.165) is 71.1 Å². The molecule has 0 radical (unpaired) electrons. The van der Waals surface area contributed by atoms with E-state index in [1.54, 1.807) is 0 Å². The molecule has 1 heterocycles. The van der Waals surface area contributed by atoms with Gasteiger partial charge in [0.1, 0.15) is 0 Å². The number of guanidine groups is 1. The summed E-state index contributed by atoms with van der Waals surface area (Å²) >= 11 is 0. The number of aliphatic imine (C=N–C) groups is 1. The minimum atomic E-state index is 0. The monoisotopic (exact) mass is 502 g/mol. The largest absolute Gasteiger partial charge is 0.378 e. The molecule has 1 aromatic rings. The molecular formula is C22H39IN4O. The highest BCUT2D eigenvalue weighted by Gasteiger charge is 2.19. The van der Waals surface area contributed by atoms with Crippen molar-refractivity contribution in [3.8, 4) is 0 Å². The number of hydrogen-bond acceptors (Lipinski definition) is 3. The lowest BCUT2D eigenvalue weighted by atomic mass is 10.1. The number of hydrogen-bond donors (Lipinski definition) is 2. The molecule has 160 valence electrons. The summed E-state index contributed by atoms with van der Waals surface area (Å²) in [5.41, 5.74) is 1.40. The predicted molar refractivity (Wildman–Crippen MR) is 130 cm³/mol. The summed E-state index contributed by atoms with van der Waals surface area (Å²) in [6.45, 7) is 13.2. The molecule has 0 spiro atoms. The summed E-state index contributed by atoms with van der Waals surface area (Å²) in [5.74, 6) is 1.50. The quantitative estimate of drug-likeness (QED) is 0.221. The lowest BCUT2D eigenvalue weighted by Crippen LogP contribution is -2.39. The topological polar surface area (TPSA) is 48.9 Å². The van der Waals surface area contributed by atoms with Crippen LogP contribution in [0.5, 0.6) is 0 Å². The van der Waals surface area contributed by atoms with Gasteiger partial charge in [0.25, 0.3) is 0 Å². The molecule has 1 aliphatic heterocycles. The van der Waals surface area contributed by atoms with Crippen molar-refractivity contribution < 1.29 is 4.74 Å². The van der Waals surface area contributed by atoms with Gasteiger partial charge >= 0.3 is 0 Å². The van der Waals surface area contributed by atoms with E-state index in [0.29, 0.717) is 12.0 Å². The first-order chi connectivity index (χ1) is 13.2. The van der Waals surface area contributed by atoms with Crippen LogP contribution in [-0.2, 0) is 11.3 Å². The van der Waals surface area contributed by atoms with E-state index in [-0.39, 0.29) is 24.0 Å². The Morgan fingerprint density at radius 1 is 1.18 bits per heavy atom. The molecule has 0 saturated carbocycles. The van der Waals surface area contributed by atoms with Crippen molar-refractivity contribution in [1.29, 1.82) is 0 Å². The fourth-order valence-corrected chi connectivity index (χ4v) is 3.22. The fraction of sp³-hybridized carbons (Fsp3) is 0.682. The molecule has 1 fully saturated rings. The molecule has 5 nitrogen and oxygen atoms in total. The first-order valence-electron chi connectivity index (χ1n) is 10.6. The minimum Gasteiger partial charge on any atom is -0.378 e. The number of benzene rings is 1. The molecule has 2 N–H and O–H groups in total. The molecule has 0 aromatic heterocycles. The van der Waals surface area contributed by atoms with Crippen molar-refractivity contribution in [2.24, 2.45) is 10.9 Å². The van der Waals surface area contributed by atoms with Crippen molar-refractivity contribution in [3.05, 3.63) is 35.9 Å². The maximum absolute atomic E-state index is 6.09. The van der Waals surface area contributed by atoms with Crippen LogP contribution in [0.2, 0.25) is 0 Å². The summed E-state index contributed by atoms with van der Waals surface area (Å²) in [4.78, 5) is 7.12. The van der Waals surface area contributed by atoms with E-state index in [9.17, 15) is 0 Å². The van der Waals surface area contributed by atoms with Gasteiger partial charge < -0.3 is 15.4 Å². The molecule has 0 atom stereocenters. The minimum absolute atomic E-state index is 0. The SMILES string of the molecule is CCNC(=NCC(C)C)NCCCOC1CCN(Cc2ccccc2)CC1.I. The average Bonchev–Trinajstić information content (AvgIpc) is 2.68. The smallest absolute Gasteiger partial charge is 0.191 e. The van der Waals surface area contributed by atoms with Crippen LogP contribution in [-0.4, -0.2) is 56.3 Å². The van der Waals surface area contributed by atoms with Gasteiger partial charge in [-0.15, -0.1) is 24.0 Å². The van der Waals surface area contributed by atoms with E-state index in [4.69, 9.17) is 4.74 Å². The van der Waals surface area contributed by atoms with Crippen molar-refractivity contribution >= 4 is 29.9 Å². The van der Waals surface area contributed by atoms with Crippen molar-refractivity contribution in [2.45, 2.75) is 52.7 Å². The van der Waals surface area contributed by atoms with Gasteiger partial charge in [-0.05, 0) is 37.7 Å². The maximum Gasteiger partial charge on any atom is 0.191 e. The van der Waals surface area contributed by atoms with Crippen LogP contribution in [0.1, 0.15) is 45.6 Å². The van der Waals surface area contributed by atoms with Crippen LogP contribution in [0.3, 0.4) is 0 Å². The summed E-state index contributed by atoms with van der Waals surface area (Å²) in [6, 6.07) is 10.7. The van der Waals surface area contributed by atoms with Crippen molar-refractivity contribution in [2.75, 3.05) is 39.3 Å². The Hall–Kier alpha value is -0.860. The highest BCUT2D eigenvalue weighted by atomic mass is 127. The normalized spacial score (nSPS) is 16.1. The van der Waals surface area contributed by atoms with Crippen LogP contribution < -0.4 is 10.6 Å². The van der Waals surface area contributed by atoms with Crippen LogP contribution in [0.4, 0.5) is 0 Å². The third-order valence-electron chi connectivity index (χ3n) is 4.71. The van der Waals surface area contributed by atoms with Gasteiger partial charge in [-0.25, -0.2) is 0 Å². The molecule has 0 amide bonds. The zero-order chi connectivity index (χ0) is 19.3. The van der Waals surface area contributed by atoms with Gasteiger partial charge in [0.15, 0.2) is 5.96 Å². The van der Waals surface area contributed by atoms with E-state index in [1.807, 2.05) is 0 Å². The third-order valence-corrected chi connectivity index (χ3v) is 4.71. The second-order valence-electron chi connectivity index (χ2n) is 7.73. The standard InChI is InChI=1S/C22H38N4O.HI/c1-4-23-22(25-17-19(2)3)24-13-8-16-27-21-11-14-26(15-12-21)18-20-9-6-5-7-10-20;/h5-7,9-10,19,21H,4,8,11-18H2,1-3H3,(H2,23,24,25);1H. The Balaban J connectivity index is 0.00000392. The zero-order valence-electron chi connectivity index (χ0n) is 17.8. The number of likely N-dealkylation sites (tertiary alicyclic amines) is 1. The average molecular weight is 502 g/mol. The van der Waals surface area contributed by atoms with E-state index in [2.05, 4.69) is 71.6 Å². The third kappa shape index (κ3) is 10.6. The second kappa shape index (κ2) is 15.0. The summed E-state index contributed by atoms with van der Waals surface area (Å²) in [7, 11) is 0. The van der Waals surface area contributed by atoms with Gasteiger partial charge in [0.05, 0.1) is 6.10 Å². The number of halogens is 1. The molecule has 6 heteroatoms. The van der Waals surface area contributed by atoms with Gasteiger partial charge in [-0.3, -0.25) is 9.89 Å². The lowest BCUT2D eigenvalue weighted by molar-refractivity contribution is 0.00534. The van der Waals surface area contributed by atoms with Gasteiger partial charge in [0, 0.05) is 45.9 Å². The van der Waals surface area contributed by atoms with Crippen LogP contribution in [0, 0.1) is 5.92 Å².